The van der Waals surface area contributed by atoms with Gasteiger partial charge in [0.05, 0.1) is 28.9 Å². The number of carbonyl (C=O) groups is 1. The molecule has 0 aliphatic heterocycles. The number of amides is 1. The average Bonchev–Trinajstić information content (AvgIpc) is 2.73. The number of benzene rings is 3. The van der Waals surface area contributed by atoms with Gasteiger partial charge in [-0.3, -0.25) is 9.52 Å². The van der Waals surface area contributed by atoms with Crippen molar-refractivity contribution in [3.05, 3.63) is 78.4 Å². The lowest BCUT2D eigenvalue weighted by molar-refractivity contribution is -0.274. The molecule has 0 bridgehead atoms. The van der Waals surface area contributed by atoms with Gasteiger partial charge in [-0.25, -0.2) is 8.42 Å². The molecule has 0 heterocycles. The fourth-order valence-electron chi connectivity index (χ4n) is 2.73. The molecule has 0 saturated carbocycles. The van der Waals surface area contributed by atoms with E-state index in [0.717, 1.165) is 24.3 Å². The number of hydrogen-bond donors (Lipinski definition) is 2. The zero-order valence-electron chi connectivity index (χ0n) is 16.5. The van der Waals surface area contributed by atoms with Crippen LogP contribution in [0.2, 0.25) is 0 Å². The molecule has 3 rings (SSSR count). The second-order valence-electron chi connectivity index (χ2n) is 6.32. The van der Waals surface area contributed by atoms with E-state index in [-0.39, 0.29) is 16.1 Å². The molecule has 11 heteroatoms. The number of alkyl halides is 3. The predicted molar refractivity (Wildman–Crippen MR) is 111 cm³/mol. The molecule has 32 heavy (non-hydrogen) atoms. The van der Waals surface area contributed by atoms with Crippen molar-refractivity contribution < 1.29 is 35.9 Å². The van der Waals surface area contributed by atoms with E-state index in [1.807, 2.05) is 0 Å². The van der Waals surface area contributed by atoms with E-state index in [9.17, 15) is 26.4 Å². The Morgan fingerprint density at radius 1 is 0.875 bits per heavy atom. The summed E-state index contributed by atoms with van der Waals surface area (Å²) >= 11 is 0. The van der Waals surface area contributed by atoms with Crippen LogP contribution in [0.1, 0.15) is 10.4 Å². The Kier molecular flexibility index (Phi) is 6.58. The van der Waals surface area contributed by atoms with Crippen LogP contribution in [0.15, 0.2) is 77.7 Å². The summed E-state index contributed by atoms with van der Waals surface area (Å²) in [5, 5.41) is 2.65. The van der Waals surface area contributed by atoms with Gasteiger partial charge in [0.25, 0.3) is 15.9 Å². The Balaban J connectivity index is 1.83. The van der Waals surface area contributed by atoms with Crippen molar-refractivity contribution >= 4 is 27.3 Å². The zero-order valence-corrected chi connectivity index (χ0v) is 17.3. The largest absolute Gasteiger partial charge is 0.573 e. The van der Waals surface area contributed by atoms with Gasteiger partial charge in [0, 0.05) is 0 Å². The number of para-hydroxylation sites is 3. The van der Waals surface area contributed by atoms with E-state index in [0.29, 0.717) is 11.4 Å². The molecular weight excluding hydrogens is 449 g/mol. The smallest absolute Gasteiger partial charge is 0.495 e. The van der Waals surface area contributed by atoms with Crippen LogP contribution in [0.4, 0.5) is 24.5 Å². The second-order valence-corrected chi connectivity index (χ2v) is 8.01. The Bertz CT molecular complexity index is 1210. The zero-order chi connectivity index (χ0) is 23.4. The third kappa shape index (κ3) is 5.70. The molecule has 0 aliphatic rings. The molecule has 1 amide bonds. The van der Waals surface area contributed by atoms with Crippen LogP contribution < -0.4 is 19.5 Å². The molecule has 0 fully saturated rings. The van der Waals surface area contributed by atoms with Gasteiger partial charge in [-0.1, -0.05) is 24.3 Å². The van der Waals surface area contributed by atoms with Crippen molar-refractivity contribution in [2.45, 2.75) is 11.3 Å². The lowest BCUT2D eigenvalue weighted by atomic mass is 10.1. The summed E-state index contributed by atoms with van der Waals surface area (Å²) in [4.78, 5) is 12.5. The first kappa shape index (κ1) is 22.9. The third-order valence-electron chi connectivity index (χ3n) is 4.14. The molecular formula is C21H17F3N2O5S. The summed E-state index contributed by atoms with van der Waals surface area (Å²) in [7, 11) is -2.76. The van der Waals surface area contributed by atoms with Crippen molar-refractivity contribution in [3.63, 3.8) is 0 Å². The maximum absolute atomic E-state index is 12.8. The lowest BCUT2D eigenvalue weighted by Crippen LogP contribution is -2.19. The van der Waals surface area contributed by atoms with Crippen LogP contribution in [0.5, 0.6) is 11.5 Å². The Morgan fingerprint density at radius 3 is 2.09 bits per heavy atom. The molecule has 0 aliphatic carbocycles. The van der Waals surface area contributed by atoms with Gasteiger partial charge < -0.3 is 14.8 Å². The maximum Gasteiger partial charge on any atom is 0.573 e. The van der Waals surface area contributed by atoms with Gasteiger partial charge in [-0.15, -0.1) is 13.2 Å². The van der Waals surface area contributed by atoms with E-state index in [1.165, 1.54) is 25.3 Å². The first-order valence-corrected chi connectivity index (χ1v) is 10.5. The summed E-state index contributed by atoms with van der Waals surface area (Å²) in [6, 6.07) is 16.2. The first-order chi connectivity index (χ1) is 15.1. The fraction of sp³-hybridized carbons (Fsp3) is 0.0952. The van der Waals surface area contributed by atoms with Crippen LogP contribution >= 0.6 is 0 Å². The molecule has 2 N–H and O–H groups in total. The monoisotopic (exact) mass is 466 g/mol. The highest BCUT2D eigenvalue weighted by Crippen LogP contribution is 2.27. The van der Waals surface area contributed by atoms with Gasteiger partial charge in [0.1, 0.15) is 11.5 Å². The minimum absolute atomic E-state index is 0.0180. The quantitative estimate of drug-likeness (QED) is 0.529. The highest BCUT2D eigenvalue weighted by atomic mass is 32.2. The number of ether oxygens (including phenoxy) is 2. The van der Waals surface area contributed by atoms with Crippen molar-refractivity contribution in [2.75, 3.05) is 17.1 Å². The number of carbonyl (C=O) groups excluding carboxylic acids is 1. The summed E-state index contributed by atoms with van der Waals surface area (Å²) in [5.74, 6) is -0.741. The molecule has 0 aromatic heterocycles. The normalized spacial score (nSPS) is 11.5. The third-order valence-corrected chi connectivity index (χ3v) is 5.52. The average molecular weight is 466 g/mol. The predicted octanol–water partition coefficient (Wildman–Crippen LogP) is 4.65. The molecule has 3 aromatic rings. The van der Waals surface area contributed by atoms with E-state index in [1.54, 1.807) is 30.3 Å². The minimum Gasteiger partial charge on any atom is -0.495 e. The number of rotatable bonds is 7. The van der Waals surface area contributed by atoms with E-state index in [4.69, 9.17) is 4.74 Å². The van der Waals surface area contributed by atoms with Crippen LogP contribution in [-0.4, -0.2) is 27.8 Å². The SMILES string of the molecule is COc1ccccc1NC(=O)c1ccccc1NS(=O)(=O)c1ccc(OC(F)(F)F)cc1. The van der Waals surface area contributed by atoms with Crippen molar-refractivity contribution in [1.82, 2.24) is 0 Å². The van der Waals surface area contributed by atoms with Gasteiger partial charge in [-0.05, 0) is 48.5 Å². The molecule has 0 unspecified atom stereocenters. The molecule has 0 atom stereocenters. The highest BCUT2D eigenvalue weighted by Gasteiger charge is 2.31. The molecule has 168 valence electrons. The van der Waals surface area contributed by atoms with Gasteiger partial charge in [0.15, 0.2) is 0 Å². The van der Waals surface area contributed by atoms with E-state index in [2.05, 4.69) is 14.8 Å². The van der Waals surface area contributed by atoms with Crippen LogP contribution in [0.3, 0.4) is 0 Å². The van der Waals surface area contributed by atoms with Gasteiger partial charge in [-0.2, -0.15) is 0 Å². The number of sulfonamides is 1. The van der Waals surface area contributed by atoms with Crippen molar-refractivity contribution in [3.8, 4) is 11.5 Å². The number of halogens is 3. The summed E-state index contributed by atoms with van der Waals surface area (Å²) in [5.41, 5.74) is 0.396. The summed E-state index contributed by atoms with van der Waals surface area (Å²) < 4.78 is 73.5. The molecule has 0 spiro atoms. The second kappa shape index (κ2) is 9.18. The van der Waals surface area contributed by atoms with Crippen molar-refractivity contribution in [2.24, 2.45) is 0 Å². The molecule has 7 nitrogen and oxygen atoms in total. The first-order valence-electron chi connectivity index (χ1n) is 9.01. The van der Waals surface area contributed by atoms with Crippen LogP contribution in [-0.2, 0) is 10.0 Å². The number of hydrogen-bond acceptors (Lipinski definition) is 5. The number of nitrogens with one attached hydrogen (secondary N) is 2. The fourth-order valence-corrected chi connectivity index (χ4v) is 3.81. The standard InChI is InChI=1S/C21H17F3N2O5S/c1-30-19-9-5-4-8-18(19)25-20(27)16-6-2-3-7-17(16)26-32(28,29)15-12-10-14(11-13-15)31-21(22,23)24/h2-13,26H,1H3,(H,25,27). The summed E-state index contributed by atoms with van der Waals surface area (Å²) in [6.07, 6.45) is -4.90. The van der Waals surface area contributed by atoms with Gasteiger partial charge >= 0.3 is 6.36 Å². The summed E-state index contributed by atoms with van der Waals surface area (Å²) in [6.45, 7) is 0. The van der Waals surface area contributed by atoms with Crippen molar-refractivity contribution in [1.29, 1.82) is 0 Å². The Hall–Kier alpha value is -3.73. The minimum atomic E-state index is -4.90. The Morgan fingerprint density at radius 2 is 1.47 bits per heavy atom. The topological polar surface area (TPSA) is 93.7 Å². The maximum atomic E-state index is 12.8. The van der Waals surface area contributed by atoms with Gasteiger partial charge in [0.2, 0.25) is 0 Å². The number of anilines is 2. The highest BCUT2D eigenvalue weighted by molar-refractivity contribution is 7.92. The number of methoxy groups -OCH3 is 1. The van der Waals surface area contributed by atoms with E-state index < -0.39 is 28.0 Å². The lowest BCUT2D eigenvalue weighted by Gasteiger charge is -2.14. The molecule has 3 aromatic carbocycles. The molecule has 0 saturated heterocycles. The van der Waals surface area contributed by atoms with Crippen LogP contribution in [0, 0.1) is 0 Å². The molecule has 0 radical (unpaired) electrons. The Labute approximate surface area is 181 Å². The van der Waals surface area contributed by atoms with E-state index >= 15 is 0 Å². The van der Waals surface area contributed by atoms with Crippen LogP contribution in [0.25, 0.3) is 0 Å².